The van der Waals surface area contributed by atoms with Gasteiger partial charge in [0.05, 0.1) is 19.4 Å². The summed E-state index contributed by atoms with van der Waals surface area (Å²) in [6.07, 6.45) is 1.49. The molecule has 0 aliphatic carbocycles. The quantitative estimate of drug-likeness (QED) is 0.539. The van der Waals surface area contributed by atoms with Gasteiger partial charge in [-0.3, -0.25) is 4.79 Å². The van der Waals surface area contributed by atoms with Crippen LogP contribution in [-0.4, -0.2) is 30.4 Å². The van der Waals surface area contributed by atoms with Crippen molar-refractivity contribution in [2.75, 3.05) is 18.5 Å². The number of aryl methyl sites for hydroxylation is 1. The minimum atomic E-state index is -0.253. The van der Waals surface area contributed by atoms with Crippen molar-refractivity contribution in [3.63, 3.8) is 0 Å². The van der Waals surface area contributed by atoms with Crippen molar-refractivity contribution in [2.45, 2.75) is 13.8 Å². The van der Waals surface area contributed by atoms with Crippen LogP contribution in [0.1, 0.15) is 18.1 Å². The Balaban J connectivity index is 1.85. The van der Waals surface area contributed by atoms with Crippen molar-refractivity contribution in [2.24, 2.45) is 5.10 Å². The van der Waals surface area contributed by atoms with E-state index in [2.05, 4.69) is 15.8 Å². The lowest BCUT2D eigenvalue weighted by molar-refractivity contribution is -0.119. The van der Waals surface area contributed by atoms with Gasteiger partial charge in [0.1, 0.15) is 0 Å². The number of hydrogen-bond acceptors (Lipinski definition) is 5. The molecule has 0 saturated carbocycles. The van der Waals surface area contributed by atoms with E-state index in [9.17, 15) is 9.90 Å². The number of ether oxygens (including phenoxy) is 1. The first-order valence-corrected chi connectivity index (χ1v) is 7.66. The number of aromatic hydroxyl groups is 1. The van der Waals surface area contributed by atoms with E-state index in [1.807, 2.05) is 38.1 Å². The summed E-state index contributed by atoms with van der Waals surface area (Å²) in [4.78, 5) is 11.8. The van der Waals surface area contributed by atoms with Gasteiger partial charge in [0.25, 0.3) is 5.91 Å². The maximum Gasteiger partial charge on any atom is 0.259 e. The molecule has 0 saturated heterocycles. The molecular formula is C18H21N3O3. The Morgan fingerprint density at radius 1 is 1.29 bits per heavy atom. The molecule has 1 amide bonds. The fourth-order valence-corrected chi connectivity index (χ4v) is 2.04. The van der Waals surface area contributed by atoms with Gasteiger partial charge in [0, 0.05) is 5.69 Å². The van der Waals surface area contributed by atoms with Gasteiger partial charge in [-0.25, -0.2) is 5.43 Å². The van der Waals surface area contributed by atoms with E-state index in [1.54, 1.807) is 12.1 Å². The van der Waals surface area contributed by atoms with Crippen molar-refractivity contribution in [1.82, 2.24) is 5.43 Å². The number of rotatable bonds is 7. The lowest BCUT2D eigenvalue weighted by atomic mass is 10.2. The molecular weight excluding hydrogens is 306 g/mol. The van der Waals surface area contributed by atoms with Crippen molar-refractivity contribution >= 4 is 17.8 Å². The van der Waals surface area contributed by atoms with Crippen LogP contribution in [0.3, 0.4) is 0 Å². The highest BCUT2D eigenvalue weighted by molar-refractivity contribution is 5.84. The molecule has 0 spiro atoms. The zero-order valence-corrected chi connectivity index (χ0v) is 13.7. The monoisotopic (exact) mass is 327 g/mol. The molecule has 0 aliphatic heterocycles. The van der Waals surface area contributed by atoms with E-state index in [1.165, 1.54) is 12.3 Å². The molecule has 6 nitrogen and oxygen atoms in total. The summed E-state index contributed by atoms with van der Waals surface area (Å²) < 4.78 is 5.29. The average molecular weight is 327 g/mol. The number of phenolic OH excluding ortho intramolecular Hbond substituents is 1. The third-order valence-corrected chi connectivity index (χ3v) is 3.16. The van der Waals surface area contributed by atoms with Crippen LogP contribution in [0.5, 0.6) is 11.5 Å². The van der Waals surface area contributed by atoms with Gasteiger partial charge in [-0.1, -0.05) is 12.1 Å². The SMILES string of the molecule is CCOc1cc(/C=N/NC(=O)CNc2cccc(C)c2)ccc1O. The number of phenols is 1. The number of benzene rings is 2. The number of hydrogen-bond donors (Lipinski definition) is 3. The maximum atomic E-state index is 11.8. The largest absolute Gasteiger partial charge is 0.504 e. The Bertz CT molecular complexity index is 729. The van der Waals surface area contributed by atoms with Gasteiger partial charge in [-0.05, 0) is 55.3 Å². The first-order valence-electron chi connectivity index (χ1n) is 7.66. The molecule has 0 radical (unpaired) electrons. The van der Waals surface area contributed by atoms with E-state index in [-0.39, 0.29) is 18.2 Å². The van der Waals surface area contributed by atoms with Crippen LogP contribution in [0, 0.1) is 6.92 Å². The lowest BCUT2D eigenvalue weighted by Crippen LogP contribution is -2.25. The zero-order chi connectivity index (χ0) is 17.4. The molecule has 0 heterocycles. The second-order valence-electron chi connectivity index (χ2n) is 5.18. The van der Waals surface area contributed by atoms with Crippen molar-refractivity contribution < 1.29 is 14.6 Å². The van der Waals surface area contributed by atoms with Crippen LogP contribution in [0.4, 0.5) is 5.69 Å². The Labute approximate surface area is 141 Å². The average Bonchev–Trinajstić information content (AvgIpc) is 2.56. The molecule has 6 heteroatoms. The van der Waals surface area contributed by atoms with E-state index in [0.29, 0.717) is 17.9 Å². The third-order valence-electron chi connectivity index (χ3n) is 3.16. The number of amides is 1. The second kappa shape index (κ2) is 8.57. The van der Waals surface area contributed by atoms with Crippen molar-refractivity contribution in [3.8, 4) is 11.5 Å². The van der Waals surface area contributed by atoms with Gasteiger partial charge in [-0.15, -0.1) is 0 Å². The summed E-state index contributed by atoms with van der Waals surface area (Å²) in [7, 11) is 0. The van der Waals surface area contributed by atoms with E-state index in [4.69, 9.17) is 4.74 Å². The Hall–Kier alpha value is -3.02. The lowest BCUT2D eigenvalue weighted by Gasteiger charge is -2.07. The second-order valence-corrected chi connectivity index (χ2v) is 5.18. The first-order chi connectivity index (χ1) is 11.6. The first kappa shape index (κ1) is 17.3. The molecule has 0 aromatic heterocycles. The van der Waals surface area contributed by atoms with Crippen molar-refractivity contribution in [1.29, 1.82) is 0 Å². The maximum absolute atomic E-state index is 11.8. The summed E-state index contributed by atoms with van der Waals surface area (Å²) in [5.41, 5.74) is 5.16. The number of nitrogens with one attached hydrogen (secondary N) is 2. The number of hydrazone groups is 1. The van der Waals surface area contributed by atoms with Crippen LogP contribution in [-0.2, 0) is 4.79 Å². The normalized spacial score (nSPS) is 10.6. The molecule has 0 aliphatic rings. The fourth-order valence-electron chi connectivity index (χ4n) is 2.04. The van der Waals surface area contributed by atoms with Crippen LogP contribution in [0.25, 0.3) is 0 Å². The molecule has 2 aromatic rings. The topological polar surface area (TPSA) is 83.0 Å². The van der Waals surface area contributed by atoms with Crippen LogP contribution < -0.4 is 15.5 Å². The summed E-state index contributed by atoms with van der Waals surface area (Å²) in [5.74, 6) is 0.200. The summed E-state index contributed by atoms with van der Waals surface area (Å²) >= 11 is 0. The molecule has 24 heavy (non-hydrogen) atoms. The highest BCUT2D eigenvalue weighted by Gasteiger charge is 2.03. The van der Waals surface area contributed by atoms with Gasteiger partial charge in [-0.2, -0.15) is 5.10 Å². The molecule has 0 atom stereocenters. The number of carbonyl (C=O) groups is 1. The Morgan fingerprint density at radius 3 is 2.88 bits per heavy atom. The number of nitrogens with zero attached hydrogens (tertiary/aromatic N) is 1. The Morgan fingerprint density at radius 2 is 2.12 bits per heavy atom. The number of carbonyl (C=O) groups excluding carboxylic acids is 1. The van der Waals surface area contributed by atoms with Crippen LogP contribution in [0.15, 0.2) is 47.6 Å². The third kappa shape index (κ3) is 5.31. The fraction of sp³-hybridized carbons (Fsp3) is 0.222. The van der Waals surface area contributed by atoms with E-state index >= 15 is 0 Å². The summed E-state index contributed by atoms with van der Waals surface area (Å²) in [6.45, 7) is 4.40. The standard InChI is InChI=1S/C18H21N3O3/c1-3-24-17-10-14(7-8-16(17)22)11-20-21-18(23)12-19-15-6-4-5-13(2)9-15/h4-11,19,22H,3,12H2,1-2H3,(H,21,23)/b20-11+. The minimum Gasteiger partial charge on any atom is -0.504 e. The molecule has 0 bridgehead atoms. The zero-order valence-electron chi connectivity index (χ0n) is 13.7. The highest BCUT2D eigenvalue weighted by Crippen LogP contribution is 2.26. The van der Waals surface area contributed by atoms with Crippen LogP contribution >= 0.6 is 0 Å². The Kier molecular flexibility index (Phi) is 6.19. The molecule has 2 rings (SSSR count). The highest BCUT2D eigenvalue weighted by atomic mass is 16.5. The molecule has 3 N–H and O–H groups in total. The van der Waals surface area contributed by atoms with Gasteiger partial charge < -0.3 is 15.2 Å². The molecule has 126 valence electrons. The van der Waals surface area contributed by atoms with Crippen LogP contribution in [0.2, 0.25) is 0 Å². The van der Waals surface area contributed by atoms with Gasteiger partial charge in [0.15, 0.2) is 11.5 Å². The minimum absolute atomic E-state index is 0.0698. The summed E-state index contributed by atoms with van der Waals surface area (Å²) in [6, 6.07) is 12.6. The predicted octanol–water partition coefficient (Wildman–Crippen LogP) is 2.66. The molecule has 2 aromatic carbocycles. The molecule has 0 unspecified atom stereocenters. The smallest absolute Gasteiger partial charge is 0.259 e. The van der Waals surface area contributed by atoms with E-state index in [0.717, 1.165) is 11.3 Å². The van der Waals surface area contributed by atoms with Gasteiger partial charge >= 0.3 is 0 Å². The number of anilines is 1. The summed E-state index contributed by atoms with van der Waals surface area (Å²) in [5, 5.41) is 16.6. The molecule has 0 fully saturated rings. The van der Waals surface area contributed by atoms with Gasteiger partial charge in [0.2, 0.25) is 0 Å². The van der Waals surface area contributed by atoms with Crippen molar-refractivity contribution in [3.05, 3.63) is 53.6 Å². The van der Waals surface area contributed by atoms with E-state index < -0.39 is 0 Å². The predicted molar refractivity (Wildman–Crippen MR) is 94.7 cm³/mol.